The van der Waals surface area contributed by atoms with Gasteiger partial charge in [-0.3, -0.25) is 4.31 Å². The molecule has 2 rings (SSSR count). The molecule has 21 heavy (non-hydrogen) atoms. The lowest BCUT2D eigenvalue weighted by Gasteiger charge is -2.23. The quantitative estimate of drug-likeness (QED) is 0.525. The summed E-state index contributed by atoms with van der Waals surface area (Å²) in [7, 11) is -1.43. The molecule has 0 aromatic heterocycles. The van der Waals surface area contributed by atoms with E-state index in [0.717, 1.165) is 0 Å². The zero-order valence-corrected chi connectivity index (χ0v) is 12.8. The van der Waals surface area contributed by atoms with Crippen LogP contribution in [0.4, 0.5) is 5.69 Å². The van der Waals surface area contributed by atoms with Crippen molar-refractivity contribution < 1.29 is 23.9 Å². The van der Waals surface area contributed by atoms with Crippen molar-refractivity contribution in [2.75, 3.05) is 10.9 Å². The second kappa shape index (κ2) is 6.38. The molecule has 2 atom stereocenters. The first-order valence-corrected chi connectivity index (χ1v) is 7.57. The van der Waals surface area contributed by atoms with Crippen LogP contribution in [0.2, 0.25) is 0 Å². The standard InChI is InChI=1S/C14H17NO5S/c1-4-19-14(16)11-5-7-12(8-6-11)15-13(20-17)9(2)10(3)21(15)18/h5-8,13,17H,4H2,1-3H3/t13-,21?/m1/s1. The van der Waals surface area contributed by atoms with Gasteiger partial charge in [-0.1, -0.05) is 0 Å². The van der Waals surface area contributed by atoms with Crippen LogP contribution in [-0.2, 0) is 20.6 Å². The van der Waals surface area contributed by atoms with E-state index in [1.54, 1.807) is 45.0 Å². The van der Waals surface area contributed by atoms with Gasteiger partial charge in [0.05, 0.1) is 17.9 Å². The van der Waals surface area contributed by atoms with Crippen LogP contribution in [-0.4, -0.2) is 28.3 Å². The molecule has 0 radical (unpaired) electrons. The Morgan fingerprint density at radius 1 is 1.33 bits per heavy atom. The van der Waals surface area contributed by atoms with Crippen molar-refractivity contribution in [1.82, 2.24) is 0 Å². The van der Waals surface area contributed by atoms with Crippen LogP contribution in [0.5, 0.6) is 0 Å². The molecule has 1 aliphatic rings. The minimum Gasteiger partial charge on any atom is -0.462 e. The van der Waals surface area contributed by atoms with Gasteiger partial charge in [0, 0.05) is 4.91 Å². The lowest BCUT2D eigenvalue weighted by molar-refractivity contribution is -0.264. The number of carbonyl (C=O) groups is 1. The molecule has 1 aliphatic heterocycles. The molecule has 0 amide bonds. The van der Waals surface area contributed by atoms with E-state index in [1.807, 2.05) is 0 Å². The van der Waals surface area contributed by atoms with E-state index in [1.165, 1.54) is 4.31 Å². The van der Waals surface area contributed by atoms with Crippen LogP contribution in [0, 0.1) is 0 Å². The van der Waals surface area contributed by atoms with Gasteiger partial charge in [0.1, 0.15) is 0 Å². The van der Waals surface area contributed by atoms with E-state index in [0.29, 0.717) is 28.3 Å². The van der Waals surface area contributed by atoms with Crippen LogP contribution in [0.15, 0.2) is 34.7 Å². The second-order valence-electron chi connectivity index (χ2n) is 4.54. The number of esters is 1. The number of anilines is 1. The highest BCUT2D eigenvalue weighted by atomic mass is 32.2. The summed E-state index contributed by atoms with van der Waals surface area (Å²) in [5, 5.41) is 9.03. The summed E-state index contributed by atoms with van der Waals surface area (Å²) in [6, 6.07) is 6.45. The Hall–Kier alpha value is -1.70. The zero-order chi connectivity index (χ0) is 15.6. The summed E-state index contributed by atoms with van der Waals surface area (Å²) in [5.41, 5.74) is 1.69. The molecular formula is C14H17NO5S. The molecule has 0 spiro atoms. The maximum absolute atomic E-state index is 12.3. The highest BCUT2D eigenvalue weighted by molar-refractivity contribution is 7.90. The fourth-order valence-corrected chi connectivity index (χ4v) is 3.39. The Kier molecular flexibility index (Phi) is 4.76. The second-order valence-corrected chi connectivity index (χ2v) is 6.04. The molecule has 0 bridgehead atoms. The van der Waals surface area contributed by atoms with Crippen LogP contribution >= 0.6 is 0 Å². The molecule has 1 heterocycles. The number of carbonyl (C=O) groups excluding carboxylic acids is 1. The first-order valence-electron chi connectivity index (χ1n) is 6.47. The van der Waals surface area contributed by atoms with Crippen molar-refractivity contribution in [3.05, 3.63) is 40.3 Å². The van der Waals surface area contributed by atoms with Gasteiger partial charge in [0.2, 0.25) is 0 Å². The SMILES string of the molecule is CCOC(=O)c1ccc(N2[C@H](OO)C(C)=C(C)S2=O)cc1. The number of hydrogen-bond acceptors (Lipinski definition) is 5. The molecule has 1 unspecified atom stereocenters. The number of benzene rings is 1. The third-order valence-corrected chi connectivity index (χ3v) is 4.92. The zero-order valence-electron chi connectivity index (χ0n) is 12.0. The normalized spacial score (nSPS) is 21.8. The van der Waals surface area contributed by atoms with Crippen LogP contribution in [0.25, 0.3) is 0 Å². The first kappa shape index (κ1) is 15.7. The monoisotopic (exact) mass is 311 g/mol. The molecule has 0 saturated heterocycles. The topological polar surface area (TPSA) is 76.1 Å². The minimum atomic E-state index is -1.43. The molecule has 6 nitrogen and oxygen atoms in total. The molecule has 0 fully saturated rings. The summed E-state index contributed by atoms with van der Waals surface area (Å²) in [6.07, 6.45) is -0.792. The summed E-state index contributed by atoms with van der Waals surface area (Å²) < 4.78 is 18.7. The molecular weight excluding hydrogens is 294 g/mol. The van der Waals surface area contributed by atoms with Crippen LogP contribution in [0.1, 0.15) is 31.1 Å². The highest BCUT2D eigenvalue weighted by Crippen LogP contribution is 2.34. The number of allylic oxidation sites excluding steroid dienone is 1. The Morgan fingerprint density at radius 3 is 2.48 bits per heavy atom. The van der Waals surface area contributed by atoms with E-state index in [9.17, 15) is 9.00 Å². The van der Waals surface area contributed by atoms with Crippen LogP contribution in [0.3, 0.4) is 0 Å². The third-order valence-electron chi connectivity index (χ3n) is 3.31. The van der Waals surface area contributed by atoms with Gasteiger partial charge in [-0.25, -0.2) is 19.1 Å². The van der Waals surface area contributed by atoms with E-state index in [4.69, 9.17) is 9.99 Å². The lowest BCUT2D eigenvalue weighted by Crippen LogP contribution is -2.33. The van der Waals surface area contributed by atoms with Gasteiger partial charge >= 0.3 is 5.97 Å². The maximum atomic E-state index is 12.3. The van der Waals surface area contributed by atoms with E-state index in [2.05, 4.69) is 4.89 Å². The van der Waals surface area contributed by atoms with Crippen molar-refractivity contribution in [2.45, 2.75) is 27.0 Å². The molecule has 1 aromatic carbocycles. The predicted molar refractivity (Wildman–Crippen MR) is 78.9 cm³/mol. The maximum Gasteiger partial charge on any atom is 0.338 e. The fraction of sp³-hybridized carbons (Fsp3) is 0.357. The molecule has 7 heteroatoms. The predicted octanol–water partition coefficient (Wildman–Crippen LogP) is 2.46. The number of hydrogen-bond donors (Lipinski definition) is 1. The lowest BCUT2D eigenvalue weighted by atomic mass is 10.2. The summed E-state index contributed by atoms with van der Waals surface area (Å²) in [6.45, 7) is 5.52. The summed E-state index contributed by atoms with van der Waals surface area (Å²) in [4.78, 5) is 16.7. The number of ether oxygens (including phenoxy) is 1. The third kappa shape index (κ3) is 2.85. The van der Waals surface area contributed by atoms with Gasteiger partial charge < -0.3 is 4.74 Å². The Balaban J connectivity index is 2.27. The summed E-state index contributed by atoms with van der Waals surface area (Å²) >= 11 is 0. The molecule has 1 N–H and O–H groups in total. The molecule has 1 aromatic rings. The Bertz CT molecular complexity index is 596. The van der Waals surface area contributed by atoms with E-state index < -0.39 is 23.2 Å². The van der Waals surface area contributed by atoms with Crippen molar-refractivity contribution in [3.8, 4) is 0 Å². The van der Waals surface area contributed by atoms with Crippen molar-refractivity contribution >= 4 is 22.6 Å². The number of rotatable bonds is 4. The van der Waals surface area contributed by atoms with Crippen molar-refractivity contribution in [2.24, 2.45) is 0 Å². The smallest absolute Gasteiger partial charge is 0.338 e. The van der Waals surface area contributed by atoms with Crippen molar-refractivity contribution in [3.63, 3.8) is 0 Å². The average molecular weight is 311 g/mol. The van der Waals surface area contributed by atoms with Crippen LogP contribution < -0.4 is 4.31 Å². The Morgan fingerprint density at radius 2 is 1.95 bits per heavy atom. The van der Waals surface area contributed by atoms with E-state index in [-0.39, 0.29) is 0 Å². The fourth-order valence-electron chi connectivity index (χ4n) is 2.03. The van der Waals surface area contributed by atoms with Crippen molar-refractivity contribution in [1.29, 1.82) is 0 Å². The van der Waals surface area contributed by atoms with E-state index >= 15 is 0 Å². The van der Waals surface area contributed by atoms with Gasteiger partial charge in [0.25, 0.3) is 0 Å². The van der Waals surface area contributed by atoms with Gasteiger partial charge in [-0.05, 0) is 50.6 Å². The highest BCUT2D eigenvalue weighted by Gasteiger charge is 2.36. The molecule has 114 valence electrons. The molecule has 0 aliphatic carbocycles. The largest absolute Gasteiger partial charge is 0.462 e. The van der Waals surface area contributed by atoms with Gasteiger partial charge in [-0.15, -0.1) is 0 Å². The Labute approximate surface area is 125 Å². The minimum absolute atomic E-state index is 0.305. The number of nitrogens with zero attached hydrogens (tertiary/aromatic N) is 1. The average Bonchev–Trinajstić information content (AvgIpc) is 2.71. The van der Waals surface area contributed by atoms with Gasteiger partial charge in [0.15, 0.2) is 17.2 Å². The first-order chi connectivity index (χ1) is 10.0. The van der Waals surface area contributed by atoms with Gasteiger partial charge in [-0.2, -0.15) is 0 Å². The molecule has 0 saturated carbocycles. The summed E-state index contributed by atoms with van der Waals surface area (Å²) in [5.74, 6) is -0.410.